The van der Waals surface area contributed by atoms with Crippen LogP contribution in [0.1, 0.15) is 0 Å². The van der Waals surface area contributed by atoms with Gasteiger partial charge in [0.15, 0.2) is 0 Å². The second-order valence-electron chi connectivity index (χ2n) is 6.35. The maximum atomic E-state index is 11.5. The van der Waals surface area contributed by atoms with Crippen LogP contribution in [0.5, 0.6) is 11.6 Å². The fraction of sp³-hybridized carbons (Fsp3) is 0.0455. The smallest absolute Gasteiger partial charge is 0.248 e. The van der Waals surface area contributed by atoms with Gasteiger partial charge in [0, 0.05) is 36.4 Å². The molecule has 2 aromatic heterocycles. The third-order valence-corrected chi connectivity index (χ3v) is 4.29. The van der Waals surface area contributed by atoms with E-state index in [0.29, 0.717) is 28.8 Å². The van der Waals surface area contributed by atoms with E-state index in [1.807, 2.05) is 49.6 Å². The molecule has 2 heterocycles. The first-order chi connectivity index (χ1) is 14.6. The lowest BCUT2D eigenvalue weighted by Crippen LogP contribution is -2.07. The van der Waals surface area contributed by atoms with Crippen LogP contribution in [0.3, 0.4) is 0 Å². The molecule has 4 aromatic rings. The highest BCUT2D eigenvalue weighted by Gasteiger charge is 2.11. The molecule has 150 valence electrons. The third-order valence-electron chi connectivity index (χ3n) is 4.29. The minimum atomic E-state index is -0.293. The van der Waals surface area contributed by atoms with Gasteiger partial charge in [0.1, 0.15) is 11.3 Å². The first-order valence-corrected chi connectivity index (χ1v) is 9.26. The summed E-state index contributed by atoms with van der Waals surface area (Å²) < 4.78 is 7.71. The molecule has 0 atom stereocenters. The Bertz CT molecular complexity index is 1200. The number of nitrogens with one attached hydrogen (secondary N) is 3. The topological polar surface area (TPSA) is 92.6 Å². The van der Waals surface area contributed by atoms with Crippen molar-refractivity contribution in [1.29, 1.82) is 0 Å². The van der Waals surface area contributed by atoms with Gasteiger partial charge in [-0.15, -0.1) is 5.10 Å². The van der Waals surface area contributed by atoms with Gasteiger partial charge in [0.2, 0.25) is 17.7 Å². The average molecular weight is 400 g/mol. The lowest BCUT2D eigenvalue weighted by Gasteiger charge is -2.11. The molecule has 0 aliphatic carbocycles. The van der Waals surface area contributed by atoms with Crippen molar-refractivity contribution in [3.8, 4) is 11.6 Å². The van der Waals surface area contributed by atoms with Gasteiger partial charge < -0.3 is 20.7 Å². The summed E-state index contributed by atoms with van der Waals surface area (Å²) in [6.07, 6.45) is 3.03. The number of nitrogens with zero attached hydrogens (tertiary/aromatic N) is 3. The van der Waals surface area contributed by atoms with Crippen molar-refractivity contribution in [1.82, 2.24) is 14.6 Å². The van der Waals surface area contributed by atoms with Gasteiger partial charge in [-0.25, -0.2) is 4.52 Å². The summed E-state index contributed by atoms with van der Waals surface area (Å²) in [7, 11) is 1.87. The Labute approximate surface area is 173 Å². The highest BCUT2D eigenvalue weighted by atomic mass is 16.5. The van der Waals surface area contributed by atoms with Crippen LogP contribution in [-0.4, -0.2) is 27.6 Å². The van der Waals surface area contributed by atoms with Crippen molar-refractivity contribution in [3.05, 3.63) is 79.5 Å². The van der Waals surface area contributed by atoms with Crippen LogP contribution in [-0.2, 0) is 4.79 Å². The first-order valence-electron chi connectivity index (χ1n) is 9.26. The number of carbonyl (C=O) groups excluding carboxylic acids is 1. The van der Waals surface area contributed by atoms with Gasteiger partial charge in [-0.2, -0.15) is 4.98 Å². The van der Waals surface area contributed by atoms with E-state index >= 15 is 0 Å². The van der Waals surface area contributed by atoms with E-state index in [1.54, 1.807) is 28.8 Å². The number of rotatable bonds is 7. The Hall–Kier alpha value is -4.33. The van der Waals surface area contributed by atoms with Gasteiger partial charge in [0.25, 0.3) is 0 Å². The lowest BCUT2D eigenvalue weighted by atomic mass is 10.3. The van der Waals surface area contributed by atoms with Crippen molar-refractivity contribution in [3.63, 3.8) is 0 Å². The Morgan fingerprint density at radius 2 is 1.87 bits per heavy atom. The zero-order valence-corrected chi connectivity index (χ0v) is 16.3. The SMILES string of the molecule is C=CC(=O)Nc1cccc(Oc2nc(Nc3ccc(NC)cc3)nn3cccc23)c1. The first kappa shape index (κ1) is 19.0. The van der Waals surface area contributed by atoms with Crippen molar-refractivity contribution in [2.75, 3.05) is 23.0 Å². The van der Waals surface area contributed by atoms with Crippen LogP contribution in [0, 0.1) is 0 Å². The zero-order valence-electron chi connectivity index (χ0n) is 16.3. The van der Waals surface area contributed by atoms with Gasteiger partial charge in [-0.3, -0.25) is 4.79 Å². The molecule has 2 aromatic carbocycles. The molecule has 0 spiro atoms. The Kier molecular flexibility index (Phi) is 5.29. The summed E-state index contributed by atoms with van der Waals surface area (Å²) in [6, 6.07) is 18.6. The fourth-order valence-corrected chi connectivity index (χ4v) is 2.83. The quantitative estimate of drug-likeness (QED) is 0.398. The van der Waals surface area contributed by atoms with E-state index in [9.17, 15) is 4.79 Å². The number of fused-ring (bicyclic) bond motifs is 1. The van der Waals surface area contributed by atoms with Gasteiger partial charge in [0.05, 0.1) is 0 Å². The molecule has 1 amide bonds. The minimum Gasteiger partial charge on any atom is -0.437 e. The molecule has 8 heteroatoms. The van der Waals surface area contributed by atoms with Crippen molar-refractivity contribution < 1.29 is 9.53 Å². The molecular weight excluding hydrogens is 380 g/mol. The molecular formula is C22H20N6O2. The summed E-state index contributed by atoms with van der Waals surface area (Å²) in [5, 5.41) is 13.5. The summed E-state index contributed by atoms with van der Waals surface area (Å²) >= 11 is 0. The predicted molar refractivity (Wildman–Crippen MR) is 118 cm³/mol. The molecule has 0 unspecified atom stereocenters. The summed E-state index contributed by atoms with van der Waals surface area (Å²) in [5.41, 5.74) is 3.17. The standard InChI is InChI=1S/C22H20N6O2/c1-3-20(29)24-17-6-4-7-18(14-17)30-21-19-8-5-13-28(19)27-22(26-21)25-16-11-9-15(23-2)10-12-16/h3-14,23H,1H2,2H3,(H,24,29)(H,25,27). The second kappa shape index (κ2) is 8.36. The van der Waals surface area contributed by atoms with Crippen molar-refractivity contribution in [2.45, 2.75) is 0 Å². The van der Waals surface area contributed by atoms with E-state index < -0.39 is 0 Å². The van der Waals surface area contributed by atoms with Gasteiger partial charge in [-0.1, -0.05) is 12.6 Å². The van der Waals surface area contributed by atoms with Crippen LogP contribution in [0.4, 0.5) is 23.0 Å². The predicted octanol–water partition coefficient (Wildman–Crippen LogP) is 4.43. The Balaban J connectivity index is 1.62. The summed E-state index contributed by atoms with van der Waals surface area (Å²) in [4.78, 5) is 16.1. The van der Waals surface area contributed by atoms with Crippen molar-refractivity contribution in [2.24, 2.45) is 0 Å². The van der Waals surface area contributed by atoms with Crippen LogP contribution < -0.4 is 20.7 Å². The molecule has 0 aliphatic rings. The lowest BCUT2D eigenvalue weighted by molar-refractivity contribution is -0.111. The molecule has 4 rings (SSSR count). The van der Waals surface area contributed by atoms with Crippen molar-refractivity contribution >= 4 is 34.4 Å². The number of aromatic nitrogens is 3. The molecule has 30 heavy (non-hydrogen) atoms. The fourth-order valence-electron chi connectivity index (χ4n) is 2.83. The monoisotopic (exact) mass is 400 g/mol. The number of ether oxygens (including phenoxy) is 1. The Morgan fingerprint density at radius 1 is 1.07 bits per heavy atom. The minimum absolute atomic E-state index is 0.293. The maximum Gasteiger partial charge on any atom is 0.248 e. The van der Waals surface area contributed by atoms with Crippen LogP contribution in [0.25, 0.3) is 5.52 Å². The maximum absolute atomic E-state index is 11.5. The number of carbonyl (C=O) groups is 1. The number of hydrogen-bond donors (Lipinski definition) is 3. The van der Waals surface area contributed by atoms with E-state index in [4.69, 9.17) is 4.74 Å². The summed E-state index contributed by atoms with van der Waals surface area (Å²) in [5.74, 6) is 1.01. The number of hydrogen-bond acceptors (Lipinski definition) is 6. The summed E-state index contributed by atoms with van der Waals surface area (Å²) in [6.45, 7) is 3.46. The molecule has 8 nitrogen and oxygen atoms in total. The van der Waals surface area contributed by atoms with Gasteiger partial charge >= 0.3 is 0 Å². The molecule has 0 radical (unpaired) electrons. The van der Waals surface area contributed by atoms with Crippen LogP contribution in [0.2, 0.25) is 0 Å². The van der Waals surface area contributed by atoms with Gasteiger partial charge in [-0.05, 0) is 54.6 Å². The molecule has 0 aliphatic heterocycles. The second-order valence-corrected chi connectivity index (χ2v) is 6.35. The Morgan fingerprint density at radius 3 is 2.63 bits per heavy atom. The molecule has 0 saturated carbocycles. The highest BCUT2D eigenvalue weighted by molar-refractivity contribution is 5.98. The number of amides is 1. The van der Waals surface area contributed by atoms with E-state index in [-0.39, 0.29) is 5.91 Å². The molecule has 0 saturated heterocycles. The van der Waals surface area contributed by atoms with E-state index in [2.05, 4.69) is 32.6 Å². The van der Waals surface area contributed by atoms with Crippen LogP contribution >= 0.6 is 0 Å². The largest absolute Gasteiger partial charge is 0.437 e. The van der Waals surface area contributed by atoms with E-state index in [0.717, 1.165) is 11.4 Å². The molecule has 0 fully saturated rings. The van der Waals surface area contributed by atoms with E-state index in [1.165, 1.54) is 6.08 Å². The number of benzene rings is 2. The average Bonchev–Trinajstić information content (AvgIpc) is 3.23. The molecule has 0 bridgehead atoms. The third kappa shape index (κ3) is 4.22. The normalized spacial score (nSPS) is 10.4. The zero-order chi connectivity index (χ0) is 20.9. The number of anilines is 4. The van der Waals surface area contributed by atoms with Crippen LogP contribution in [0.15, 0.2) is 79.5 Å². The highest BCUT2D eigenvalue weighted by Crippen LogP contribution is 2.28. The molecule has 3 N–H and O–H groups in total.